The summed E-state index contributed by atoms with van der Waals surface area (Å²) in [7, 11) is -2.98. The van der Waals surface area contributed by atoms with Crippen LogP contribution in [0.3, 0.4) is 0 Å². The summed E-state index contributed by atoms with van der Waals surface area (Å²) in [5, 5.41) is 14.0. The number of carbonyl (C=O) groups excluding carboxylic acids is 1. The van der Waals surface area contributed by atoms with Crippen molar-refractivity contribution in [1.82, 2.24) is 5.32 Å². The van der Waals surface area contributed by atoms with Crippen LogP contribution < -0.4 is 14.2 Å². The van der Waals surface area contributed by atoms with Gasteiger partial charge in [0.25, 0.3) is 11.6 Å². The summed E-state index contributed by atoms with van der Waals surface area (Å²) in [6.45, 7) is 0. The second-order valence-electron chi connectivity index (χ2n) is 7.14. The molecule has 10 nitrogen and oxygen atoms in total. The first-order valence-electron chi connectivity index (χ1n) is 10.1. The summed E-state index contributed by atoms with van der Waals surface area (Å²) < 4.78 is 36.3. The fourth-order valence-electron chi connectivity index (χ4n) is 3.05. The third kappa shape index (κ3) is 5.75. The molecule has 0 unspecified atom stereocenters. The molecule has 184 valence electrons. The highest BCUT2D eigenvalue weighted by molar-refractivity contribution is 9.10. The lowest BCUT2D eigenvalue weighted by atomic mass is 10.2. The van der Waals surface area contributed by atoms with Gasteiger partial charge in [-0.05, 0) is 75.7 Å². The Bertz CT molecular complexity index is 1510. The van der Waals surface area contributed by atoms with Crippen LogP contribution in [0.15, 0.2) is 86.0 Å². The normalized spacial score (nSPS) is 15.7. The van der Waals surface area contributed by atoms with Crippen LogP contribution in [0.1, 0.15) is 5.56 Å². The number of benzene rings is 3. The number of aliphatic imine (C=N–C) groups is 1. The Labute approximate surface area is 218 Å². The maximum absolute atomic E-state index is 12.7. The van der Waals surface area contributed by atoms with Gasteiger partial charge in [-0.2, -0.15) is 8.42 Å². The van der Waals surface area contributed by atoms with Gasteiger partial charge >= 0.3 is 10.1 Å². The Morgan fingerprint density at radius 3 is 2.44 bits per heavy atom. The standard InChI is InChI=1S/C23H16BrN3O7S2/c1-33-19-12-14(13-20-22(28)26-23(35-20)25-15-5-3-2-4-6-15)11-18(24)21(19)34-36(31,32)17-9-7-16(8-10-17)27(29)30/h2-13H,1H3,(H,25,26,28)/b20-13-. The van der Waals surface area contributed by atoms with E-state index in [9.17, 15) is 23.3 Å². The largest absolute Gasteiger partial charge is 0.493 e. The maximum Gasteiger partial charge on any atom is 0.339 e. The molecule has 0 aromatic heterocycles. The second-order valence-corrected chi connectivity index (χ2v) is 10.6. The molecule has 0 saturated carbocycles. The number of para-hydroxylation sites is 1. The van der Waals surface area contributed by atoms with E-state index in [4.69, 9.17) is 8.92 Å². The van der Waals surface area contributed by atoms with Gasteiger partial charge in [0.1, 0.15) is 4.90 Å². The number of thioether (sulfide) groups is 1. The van der Waals surface area contributed by atoms with Crippen molar-refractivity contribution >= 4 is 66.3 Å². The third-order valence-corrected chi connectivity index (χ3v) is 7.45. The maximum atomic E-state index is 12.7. The molecule has 1 fully saturated rings. The molecule has 1 amide bonds. The Balaban J connectivity index is 1.59. The number of methoxy groups -OCH3 is 1. The molecular weight excluding hydrogens is 574 g/mol. The molecule has 1 heterocycles. The zero-order valence-electron chi connectivity index (χ0n) is 18.4. The van der Waals surface area contributed by atoms with Crippen molar-refractivity contribution in [1.29, 1.82) is 0 Å². The van der Waals surface area contributed by atoms with Gasteiger partial charge in [0.2, 0.25) is 0 Å². The van der Waals surface area contributed by atoms with Crippen molar-refractivity contribution in [2.75, 3.05) is 7.11 Å². The minimum Gasteiger partial charge on any atom is -0.493 e. The number of nitro benzene ring substituents is 1. The lowest BCUT2D eigenvalue weighted by Gasteiger charge is -2.13. The van der Waals surface area contributed by atoms with Gasteiger partial charge in [0.05, 0.1) is 27.1 Å². The molecule has 1 aliphatic heterocycles. The SMILES string of the molecule is COc1cc(/C=C2\SC(=Nc3ccccc3)NC2=O)cc(Br)c1OS(=O)(=O)c1ccc([N+](=O)[O-])cc1. The van der Waals surface area contributed by atoms with Crippen molar-refractivity contribution in [3.05, 3.63) is 91.8 Å². The van der Waals surface area contributed by atoms with E-state index in [0.717, 1.165) is 36.0 Å². The summed E-state index contributed by atoms with van der Waals surface area (Å²) in [6.07, 6.45) is 1.61. The van der Waals surface area contributed by atoms with Gasteiger partial charge in [0.15, 0.2) is 16.7 Å². The van der Waals surface area contributed by atoms with Gasteiger partial charge in [-0.1, -0.05) is 18.2 Å². The number of hydrogen-bond donors (Lipinski definition) is 1. The molecule has 3 aromatic rings. The first-order valence-corrected chi connectivity index (χ1v) is 13.1. The van der Waals surface area contributed by atoms with E-state index in [-0.39, 0.29) is 32.5 Å². The molecule has 1 N–H and O–H groups in total. The van der Waals surface area contributed by atoms with Crippen LogP contribution in [-0.4, -0.2) is 31.5 Å². The molecule has 4 rings (SSSR count). The van der Waals surface area contributed by atoms with Crippen molar-refractivity contribution < 1.29 is 27.1 Å². The highest BCUT2D eigenvalue weighted by Crippen LogP contribution is 2.40. The zero-order valence-corrected chi connectivity index (χ0v) is 21.6. The second kappa shape index (κ2) is 10.5. The molecule has 0 bridgehead atoms. The zero-order chi connectivity index (χ0) is 25.9. The number of halogens is 1. The lowest BCUT2D eigenvalue weighted by Crippen LogP contribution is -2.19. The number of carbonyl (C=O) groups is 1. The number of non-ortho nitro benzene ring substituents is 1. The minimum atomic E-state index is -4.32. The van der Waals surface area contributed by atoms with E-state index in [1.54, 1.807) is 12.1 Å². The highest BCUT2D eigenvalue weighted by atomic mass is 79.9. The Hall–Kier alpha value is -3.68. The highest BCUT2D eigenvalue weighted by Gasteiger charge is 2.26. The van der Waals surface area contributed by atoms with Crippen molar-refractivity contribution in [3.8, 4) is 11.5 Å². The van der Waals surface area contributed by atoms with Crippen molar-refractivity contribution in [2.24, 2.45) is 4.99 Å². The van der Waals surface area contributed by atoms with Gasteiger partial charge in [-0.15, -0.1) is 0 Å². The fourth-order valence-corrected chi connectivity index (χ4v) is 5.49. The summed E-state index contributed by atoms with van der Waals surface area (Å²) in [4.78, 5) is 27.1. The molecule has 36 heavy (non-hydrogen) atoms. The number of nitrogens with one attached hydrogen (secondary N) is 1. The van der Waals surface area contributed by atoms with Crippen LogP contribution in [-0.2, 0) is 14.9 Å². The monoisotopic (exact) mass is 589 g/mol. The summed E-state index contributed by atoms with van der Waals surface area (Å²) in [5.74, 6) is -0.359. The number of rotatable bonds is 7. The van der Waals surface area contributed by atoms with Gasteiger partial charge in [-0.3, -0.25) is 14.9 Å². The van der Waals surface area contributed by atoms with Crippen LogP contribution in [0, 0.1) is 10.1 Å². The molecule has 0 aliphatic carbocycles. The molecule has 3 aromatic carbocycles. The van der Waals surface area contributed by atoms with Crippen molar-refractivity contribution in [3.63, 3.8) is 0 Å². The van der Waals surface area contributed by atoms with E-state index in [2.05, 4.69) is 26.2 Å². The average Bonchev–Trinajstić information content (AvgIpc) is 3.19. The van der Waals surface area contributed by atoms with Crippen LogP contribution in [0.4, 0.5) is 11.4 Å². The Morgan fingerprint density at radius 2 is 1.81 bits per heavy atom. The fraction of sp³-hybridized carbons (Fsp3) is 0.0435. The number of amidine groups is 1. The first kappa shape index (κ1) is 25.4. The quantitative estimate of drug-likeness (QED) is 0.175. The minimum absolute atomic E-state index is 0.0864. The van der Waals surface area contributed by atoms with Crippen LogP contribution in [0.2, 0.25) is 0 Å². The first-order chi connectivity index (χ1) is 17.2. The van der Waals surface area contributed by atoms with E-state index in [1.165, 1.54) is 13.2 Å². The molecule has 0 atom stereocenters. The van der Waals surface area contributed by atoms with E-state index in [0.29, 0.717) is 21.3 Å². The number of ether oxygens (including phenoxy) is 1. The molecule has 1 aliphatic rings. The van der Waals surface area contributed by atoms with Gasteiger partial charge < -0.3 is 14.2 Å². The molecule has 13 heteroatoms. The van der Waals surface area contributed by atoms with Gasteiger partial charge in [0, 0.05) is 12.1 Å². The Kier molecular flexibility index (Phi) is 7.43. The van der Waals surface area contributed by atoms with E-state index >= 15 is 0 Å². The summed E-state index contributed by atoms with van der Waals surface area (Å²) in [5.41, 5.74) is 0.981. The summed E-state index contributed by atoms with van der Waals surface area (Å²) >= 11 is 4.46. The summed E-state index contributed by atoms with van der Waals surface area (Å²) in [6, 6.07) is 16.5. The lowest BCUT2D eigenvalue weighted by molar-refractivity contribution is -0.384. The van der Waals surface area contributed by atoms with E-state index < -0.39 is 15.0 Å². The van der Waals surface area contributed by atoms with Gasteiger partial charge in [-0.25, -0.2) is 4.99 Å². The van der Waals surface area contributed by atoms with Crippen molar-refractivity contribution in [2.45, 2.75) is 4.90 Å². The number of hydrogen-bond acceptors (Lipinski definition) is 9. The molecular formula is C23H16BrN3O7S2. The third-order valence-electron chi connectivity index (χ3n) is 4.72. The molecule has 1 saturated heterocycles. The average molecular weight is 590 g/mol. The molecule has 0 radical (unpaired) electrons. The van der Waals surface area contributed by atoms with Crippen LogP contribution >= 0.6 is 27.7 Å². The number of amides is 1. The molecule has 0 spiro atoms. The predicted molar refractivity (Wildman–Crippen MR) is 139 cm³/mol. The Morgan fingerprint density at radius 1 is 1.11 bits per heavy atom. The van der Waals surface area contributed by atoms with E-state index in [1.807, 2.05) is 30.3 Å². The topological polar surface area (TPSA) is 137 Å². The number of nitrogens with zero attached hydrogens (tertiary/aromatic N) is 2. The number of nitro groups is 1. The van der Waals surface area contributed by atoms with Crippen LogP contribution in [0.25, 0.3) is 6.08 Å². The smallest absolute Gasteiger partial charge is 0.339 e. The predicted octanol–water partition coefficient (Wildman–Crippen LogP) is 5.03. The van der Waals surface area contributed by atoms with Crippen LogP contribution in [0.5, 0.6) is 11.5 Å².